The van der Waals surface area contributed by atoms with Gasteiger partial charge in [-0.3, -0.25) is 4.79 Å². The molecule has 1 atom stereocenters. The monoisotopic (exact) mass is 245 g/mol. The molecule has 3 nitrogen and oxygen atoms in total. The van der Waals surface area contributed by atoms with Gasteiger partial charge in [-0.1, -0.05) is 48.9 Å². The molecular formula is C12H14BN2OS. The zero-order valence-corrected chi connectivity index (χ0v) is 11.0. The lowest BCUT2D eigenvalue weighted by atomic mass is 9.88. The number of hydrogen-bond donors (Lipinski definition) is 0. The first-order valence-electron chi connectivity index (χ1n) is 5.46. The highest BCUT2D eigenvalue weighted by atomic mass is 32.2. The molecular weight excluding hydrogens is 231 g/mol. The van der Waals surface area contributed by atoms with Crippen molar-refractivity contribution in [2.45, 2.75) is 19.3 Å². The highest BCUT2D eigenvalue weighted by Crippen LogP contribution is 2.34. The highest BCUT2D eigenvalue weighted by molar-refractivity contribution is 8.13. The number of carbonyl (C=O) groups excluding carboxylic acids is 1. The Bertz CT molecular complexity index is 463. The van der Waals surface area contributed by atoms with Crippen molar-refractivity contribution in [1.82, 2.24) is 4.81 Å². The van der Waals surface area contributed by atoms with Crippen molar-refractivity contribution in [2.75, 3.05) is 6.26 Å². The van der Waals surface area contributed by atoms with Gasteiger partial charge in [-0.05, 0) is 18.7 Å². The Balaban J connectivity index is 2.46. The third-order valence-electron chi connectivity index (χ3n) is 2.94. The Morgan fingerprint density at radius 3 is 2.47 bits per heavy atom. The minimum absolute atomic E-state index is 0.00977. The molecule has 1 heterocycles. The maximum Gasteiger partial charge on any atom is 0.256 e. The third kappa shape index (κ3) is 1.88. The normalized spacial score (nSPS) is 23.8. The summed E-state index contributed by atoms with van der Waals surface area (Å²) in [5.74, 6) is 0.00977. The maximum absolute atomic E-state index is 12.4. The lowest BCUT2D eigenvalue weighted by molar-refractivity contribution is -0.127. The summed E-state index contributed by atoms with van der Waals surface area (Å²) in [4.78, 5) is 18.6. The first-order chi connectivity index (χ1) is 8.13. The number of aliphatic imine (C=N–C) groups is 1. The summed E-state index contributed by atoms with van der Waals surface area (Å²) < 4.78 is 0. The van der Waals surface area contributed by atoms with E-state index in [1.54, 1.807) is 12.2 Å². The zero-order valence-electron chi connectivity index (χ0n) is 10.2. The highest BCUT2D eigenvalue weighted by Gasteiger charge is 2.44. The lowest BCUT2D eigenvalue weighted by Gasteiger charge is -2.21. The fourth-order valence-corrected chi connectivity index (χ4v) is 2.60. The van der Waals surface area contributed by atoms with Gasteiger partial charge in [-0.25, -0.2) is 4.99 Å². The summed E-state index contributed by atoms with van der Waals surface area (Å²) in [7, 11) is 1.77. The second-order valence-corrected chi connectivity index (χ2v) is 4.74. The molecule has 1 amide bonds. The van der Waals surface area contributed by atoms with E-state index in [-0.39, 0.29) is 5.91 Å². The Morgan fingerprint density at radius 2 is 2.00 bits per heavy atom. The number of rotatable bonds is 2. The van der Waals surface area contributed by atoms with E-state index >= 15 is 0 Å². The summed E-state index contributed by atoms with van der Waals surface area (Å²) in [6.45, 7) is 3.71. The first-order valence-corrected chi connectivity index (χ1v) is 6.68. The fourth-order valence-electron chi connectivity index (χ4n) is 1.94. The Morgan fingerprint density at radius 1 is 1.35 bits per heavy atom. The summed E-state index contributed by atoms with van der Waals surface area (Å²) in [6.07, 6.45) is 1.93. The van der Waals surface area contributed by atoms with Crippen molar-refractivity contribution in [1.29, 1.82) is 0 Å². The standard InChI is InChI=1S/C12H14BN2OS/c1-12(9-7-5-4-6-8-9)10(16)15(13-2)11(14-12)17-3/h4-8H,1-3H3. The van der Waals surface area contributed by atoms with Gasteiger partial charge in [0.15, 0.2) is 10.7 Å². The van der Waals surface area contributed by atoms with E-state index in [0.29, 0.717) is 0 Å². The number of hydrogen-bond acceptors (Lipinski definition) is 3. The van der Waals surface area contributed by atoms with Gasteiger partial charge in [0, 0.05) is 0 Å². The quantitative estimate of drug-likeness (QED) is 0.747. The van der Waals surface area contributed by atoms with Crippen LogP contribution in [0.25, 0.3) is 0 Å². The van der Waals surface area contributed by atoms with E-state index in [2.05, 4.69) is 4.99 Å². The number of amidine groups is 1. The lowest BCUT2D eigenvalue weighted by Crippen LogP contribution is -2.40. The summed E-state index contributed by atoms with van der Waals surface area (Å²) in [5, 5.41) is 0.754. The molecule has 0 spiro atoms. The Hall–Kier alpha value is -1.23. The molecule has 5 heteroatoms. The van der Waals surface area contributed by atoms with Crippen molar-refractivity contribution in [3.05, 3.63) is 35.9 Å². The van der Waals surface area contributed by atoms with Crippen LogP contribution >= 0.6 is 11.8 Å². The third-order valence-corrected chi connectivity index (χ3v) is 3.59. The fraction of sp³-hybridized carbons (Fsp3) is 0.333. The van der Waals surface area contributed by atoms with Gasteiger partial charge in [0.25, 0.3) is 7.41 Å². The topological polar surface area (TPSA) is 32.7 Å². The number of amides is 1. The number of nitrogens with zero attached hydrogens (tertiary/aromatic N) is 2. The van der Waals surface area contributed by atoms with Gasteiger partial charge in [0.1, 0.15) is 0 Å². The van der Waals surface area contributed by atoms with Gasteiger partial charge < -0.3 is 4.81 Å². The Labute approximate surface area is 107 Å². The average molecular weight is 245 g/mol. The predicted molar refractivity (Wildman–Crippen MR) is 73.2 cm³/mol. The molecule has 0 aliphatic carbocycles. The van der Waals surface area contributed by atoms with Crippen LogP contribution in [0.2, 0.25) is 6.82 Å². The van der Waals surface area contributed by atoms with Crippen LogP contribution in [0.1, 0.15) is 12.5 Å². The molecule has 0 aromatic heterocycles. The second kappa shape index (κ2) is 4.57. The number of carbonyl (C=O) groups is 1. The van der Waals surface area contributed by atoms with Gasteiger partial charge in [-0.2, -0.15) is 0 Å². The molecule has 2 rings (SSSR count). The summed E-state index contributed by atoms with van der Waals surface area (Å²) in [5.41, 5.74) is 0.146. The molecule has 1 aromatic carbocycles. The van der Waals surface area contributed by atoms with Crippen molar-refractivity contribution in [2.24, 2.45) is 4.99 Å². The maximum atomic E-state index is 12.4. The van der Waals surface area contributed by atoms with Crippen LogP contribution in [-0.2, 0) is 10.3 Å². The van der Waals surface area contributed by atoms with Gasteiger partial charge in [0.05, 0.1) is 0 Å². The molecule has 87 valence electrons. The van der Waals surface area contributed by atoms with Crippen LogP contribution in [0.5, 0.6) is 0 Å². The van der Waals surface area contributed by atoms with Crippen molar-refractivity contribution < 1.29 is 4.79 Å². The van der Waals surface area contributed by atoms with Gasteiger partial charge in [0.2, 0.25) is 5.91 Å². The summed E-state index contributed by atoms with van der Waals surface area (Å²) in [6, 6.07) is 9.69. The number of benzene rings is 1. The van der Waals surface area contributed by atoms with Crippen molar-refractivity contribution >= 4 is 30.3 Å². The smallest absolute Gasteiger partial charge is 0.256 e. The van der Waals surface area contributed by atoms with Crippen LogP contribution in [0, 0.1) is 0 Å². The minimum atomic E-state index is -0.786. The van der Waals surface area contributed by atoms with Crippen LogP contribution in [0.3, 0.4) is 0 Å². The first kappa shape index (κ1) is 12.2. The van der Waals surface area contributed by atoms with E-state index in [1.807, 2.05) is 50.3 Å². The van der Waals surface area contributed by atoms with E-state index in [0.717, 1.165) is 10.7 Å². The molecule has 17 heavy (non-hydrogen) atoms. The molecule has 1 aliphatic rings. The van der Waals surface area contributed by atoms with Gasteiger partial charge >= 0.3 is 0 Å². The van der Waals surface area contributed by atoms with Crippen LogP contribution in [0.15, 0.2) is 35.3 Å². The molecule has 0 N–H and O–H groups in total. The zero-order chi connectivity index (χ0) is 12.5. The largest absolute Gasteiger partial charge is 0.340 e. The molecule has 0 saturated carbocycles. The molecule has 0 fully saturated rings. The molecule has 0 saturated heterocycles. The van der Waals surface area contributed by atoms with E-state index in [9.17, 15) is 4.79 Å². The predicted octanol–water partition coefficient (Wildman–Crippen LogP) is 2.13. The molecule has 1 aromatic rings. The molecule has 1 radical (unpaired) electrons. The molecule has 1 aliphatic heterocycles. The summed E-state index contributed by atoms with van der Waals surface area (Å²) >= 11 is 1.49. The second-order valence-electron chi connectivity index (χ2n) is 3.97. The SMILES string of the molecule is C[B]N1C(=O)C(C)(c2ccccc2)N=C1SC. The number of thioether (sulfide) groups is 1. The van der Waals surface area contributed by atoms with Gasteiger partial charge in [-0.15, -0.1) is 0 Å². The van der Waals surface area contributed by atoms with E-state index in [1.165, 1.54) is 11.8 Å². The minimum Gasteiger partial charge on any atom is -0.340 e. The van der Waals surface area contributed by atoms with Crippen molar-refractivity contribution in [3.8, 4) is 0 Å². The molecule has 1 unspecified atom stereocenters. The van der Waals surface area contributed by atoms with Crippen LogP contribution in [0.4, 0.5) is 0 Å². The Kier molecular flexibility index (Phi) is 3.29. The van der Waals surface area contributed by atoms with E-state index < -0.39 is 5.54 Å². The van der Waals surface area contributed by atoms with Crippen LogP contribution < -0.4 is 0 Å². The van der Waals surface area contributed by atoms with E-state index in [4.69, 9.17) is 0 Å². The molecule has 0 bridgehead atoms. The average Bonchev–Trinajstić information content (AvgIpc) is 2.63. The van der Waals surface area contributed by atoms with Crippen LogP contribution in [-0.4, -0.2) is 29.6 Å². The van der Waals surface area contributed by atoms with Crippen molar-refractivity contribution in [3.63, 3.8) is 0 Å².